The summed E-state index contributed by atoms with van der Waals surface area (Å²) in [5.74, 6) is -0.173. The molecule has 1 heterocycles. The third kappa shape index (κ3) is 2.67. The molecule has 1 N–H and O–H groups in total. The van der Waals surface area contributed by atoms with Gasteiger partial charge in [0.15, 0.2) is 0 Å². The lowest BCUT2D eigenvalue weighted by Crippen LogP contribution is -2.21. The number of ether oxygens (including phenoxy) is 2. The third-order valence-electron chi connectivity index (χ3n) is 1.96. The number of carbonyl (C=O) groups is 1. The van der Waals surface area contributed by atoms with Crippen molar-refractivity contribution in [2.45, 2.75) is 0 Å². The number of anilines is 1. The number of halogens is 1. The van der Waals surface area contributed by atoms with Crippen LogP contribution in [0, 0.1) is 0 Å². The van der Waals surface area contributed by atoms with Crippen LogP contribution in [0.4, 0.5) is 5.69 Å². The van der Waals surface area contributed by atoms with Gasteiger partial charge in [0.05, 0.1) is 0 Å². The van der Waals surface area contributed by atoms with Gasteiger partial charge in [0.1, 0.15) is 19.5 Å². The first-order chi connectivity index (χ1) is 7.75. The number of carbonyl (C=O) groups excluding carboxylic acids is 1. The molecule has 0 aliphatic carbocycles. The first-order valence-electron chi connectivity index (χ1n) is 4.77. The summed E-state index contributed by atoms with van der Waals surface area (Å²) in [4.78, 5) is 11.7. The van der Waals surface area contributed by atoms with E-state index in [1.165, 1.54) is 6.26 Å². The van der Waals surface area contributed by atoms with E-state index in [4.69, 9.17) is 21.1 Å². The van der Waals surface area contributed by atoms with Crippen molar-refractivity contribution in [3.05, 3.63) is 41.3 Å². The second-order valence-electron chi connectivity index (χ2n) is 3.17. The molecule has 4 nitrogen and oxygen atoms in total. The topological polar surface area (TPSA) is 47.6 Å². The van der Waals surface area contributed by atoms with Gasteiger partial charge in [0.2, 0.25) is 5.76 Å². The van der Waals surface area contributed by atoms with Crippen molar-refractivity contribution in [2.75, 3.05) is 18.5 Å². The highest BCUT2D eigenvalue weighted by Crippen LogP contribution is 2.16. The van der Waals surface area contributed by atoms with Crippen molar-refractivity contribution in [1.29, 1.82) is 0 Å². The normalized spacial score (nSPS) is 14.4. The van der Waals surface area contributed by atoms with Crippen LogP contribution in [0.3, 0.4) is 0 Å². The van der Waals surface area contributed by atoms with Gasteiger partial charge in [-0.3, -0.25) is 4.79 Å². The molecule has 0 unspecified atom stereocenters. The molecule has 1 aromatic rings. The van der Waals surface area contributed by atoms with Crippen molar-refractivity contribution in [3.8, 4) is 0 Å². The molecule has 0 saturated carbocycles. The van der Waals surface area contributed by atoms with Gasteiger partial charge in [-0.2, -0.15) is 0 Å². The molecule has 0 saturated heterocycles. The van der Waals surface area contributed by atoms with Gasteiger partial charge in [-0.05, 0) is 18.2 Å². The summed E-state index contributed by atoms with van der Waals surface area (Å²) in [6.45, 7) is 0.850. The second-order valence-corrected chi connectivity index (χ2v) is 3.60. The fraction of sp³-hybridized carbons (Fsp3) is 0.182. The van der Waals surface area contributed by atoms with E-state index in [9.17, 15) is 4.79 Å². The monoisotopic (exact) mass is 239 g/mol. The van der Waals surface area contributed by atoms with E-state index >= 15 is 0 Å². The molecule has 2 rings (SSSR count). The molecule has 5 heteroatoms. The SMILES string of the molecule is O=C(Nc1cccc(Cl)c1)C1=COCCO1. The molecule has 0 bridgehead atoms. The lowest BCUT2D eigenvalue weighted by atomic mass is 10.3. The molecule has 1 aliphatic rings. The van der Waals surface area contributed by atoms with Crippen LogP contribution in [0.1, 0.15) is 0 Å². The van der Waals surface area contributed by atoms with Crippen LogP contribution in [-0.4, -0.2) is 19.1 Å². The molecular formula is C11H10ClNO3. The van der Waals surface area contributed by atoms with Crippen LogP contribution in [0.15, 0.2) is 36.3 Å². The number of benzene rings is 1. The zero-order valence-electron chi connectivity index (χ0n) is 8.40. The summed E-state index contributed by atoms with van der Waals surface area (Å²) in [6.07, 6.45) is 1.31. The molecule has 0 fully saturated rings. The fourth-order valence-electron chi connectivity index (χ4n) is 1.25. The number of nitrogens with one attached hydrogen (secondary N) is 1. The van der Waals surface area contributed by atoms with Gasteiger partial charge in [-0.15, -0.1) is 0 Å². The summed E-state index contributed by atoms with van der Waals surface area (Å²) >= 11 is 5.79. The van der Waals surface area contributed by atoms with E-state index in [2.05, 4.69) is 5.32 Å². The average molecular weight is 240 g/mol. The zero-order chi connectivity index (χ0) is 11.4. The predicted octanol–water partition coefficient (Wildman–Crippen LogP) is 2.17. The molecule has 0 aromatic heterocycles. The molecule has 0 spiro atoms. The molecule has 16 heavy (non-hydrogen) atoms. The molecule has 84 valence electrons. The van der Waals surface area contributed by atoms with E-state index in [0.29, 0.717) is 23.9 Å². The van der Waals surface area contributed by atoms with Crippen molar-refractivity contribution in [2.24, 2.45) is 0 Å². The van der Waals surface area contributed by atoms with Gasteiger partial charge < -0.3 is 14.8 Å². The Kier molecular flexibility index (Phi) is 3.31. The first-order valence-corrected chi connectivity index (χ1v) is 5.15. The number of rotatable bonds is 2. The largest absolute Gasteiger partial charge is 0.494 e. The smallest absolute Gasteiger partial charge is 0.294 e. The van der Waals surface area contributed by atoms with Gasteiger partial charge in [-0.1, -0.05) is 17.7 Å². The molecule has 1 amide bonds. The van der Waals surface area contributed by atoms with Gasteiger partial charge in [0, 0.05) is 10.7 Å². The van der Waals surface area contributed by atoms with Gasteiger partial charge >= 0.3 is 0 Å². The van der Waals surface area contributed by atoms with Crippen LogP contribution in [0.5, 0.6) is 0 Å². The summed E-state index contributed by atoms with van der Waals surface area (Å²) < 4.78 is 10.1. The Morgan fingerprint density at radius 2 is 2.25 bits per heavy atom. The summed E-state index contributed by atoms with van der Waals surface area (Å²) in [7, 11) is 0. The highest BCUT2D eigenvalue weighted by atomic mass is 35.5. The fourth-order valence-corrected chi connectivity index (χ4v) is 1.44. The standard InChI is InChI=1S/C11H10ClNO3/c12-8-2-1-3-9(6-8)13-11(14)10-7-15-4-5-16-10/h1-3,6-7H,4-5H2,(H,13,14). The minimum Gasteiger partial charge on any atom is -0.494 e. The van der Waals surface area contributed by atoms with Crippen LogP contribution in [-0.2, 0) is 14.3 Å². The van der Waals surface area contributed by atoms with Crippen LogP contribution in [0.2, 0.25) is 5.02 Å². The number of hydrogen-bond donors (Lipinski definition) is 1. The lowest BCUT2D eigenvalue weighted by Gasteiger charge is -2.15. The summed E-state index contributed by atoms with van der Waals surface area (Å²) in [6, 6.07) is 6.89. The highest BCUT2D eigenvalue weighted by molar-refractivity contribution is 6.30. The van der Waals surface area contributed by atoms with Crippen LogP contribution in [0.25, 0.3) is 0 Å². The maximum Gasteiger partial charge on any atom is 0.294 e. The summed E-state index contributed by atoms with van der Waals surface area (Å²) in [5, 5.41) is 3.22. The van der Waals surface area contributed by atoms with E-state index in [-0.39, 0.29) is 11.7 Å². The predicted molar refractivity (Wildman–Crippen MR) is 60.1 cm³/mol. The van der Waals surface area contributed by atoms with Crippen LogP contribution < -0.4 is 5.32 Å². The molecule has 0 radical (unpaired) electrons. The molecule has 1 aliphatic heterocycles. The first kappa shape index (κ1) is 10.8. The molecular weight excluding hydrogens is 230 g/mol. The Hall–Kier alpha value is -1.68. The highest BCUT2D eigenvalue weighted by Gasteiger charge is 2.14. The maximum absolute atomic E-state index is 11.7. The van der Waals surface area contributed by atoms with E-state index in [1.807, 2.05) is 0 Å². The summed E-state index contributed by atoms with van der Waals surface area (Å²) in [5.41, 5.74) is 0.618. The van der Waals surface area contributed by atoms with Gasteiger partial charge in [0.25, 0.3) is 5.91 Å². The Bertz CT molecular complexity index is 431. The van der Waals surface area contributed by atoms with E-state index in [0.717, 1.165) is 0 Å². The minimum absolute atomic E-state index is 0.172. The zero-order valence-corrected chi connectivity index (χ0v) is 9.16. The Balaban J connectivity index is 2.04. The second kappa shape index (κ2) is 4.90. The molecule has 1 aromatic carbocycles. The van der Waals surface area contributed by atoms with Crippen molar-refractivity contribution < 1.29 is 14.3 Å². The quantitative estimate of drug-likeness (QED) is 0.861. The lowest BCUT2D eigenvalue weighted by molar-refractivity contribution is -0.117. The van der Waals surface area contributed by atoms with Crippen molar-refractivity contribution in [1.82, 2.24) is 0 Å². The molecule has 0 atom stereocenters. The van der Waals surface area contributed by atoms with Crippen molar-refractivity contribution in [3.63, 3.8) is 0 Å². The number of hydrogen-bond acceptors (Lipinski definition) is 3. The minimum atomic E-state index is -0.345. The third-order valence-corrected chi connectivity index (χ3v) is 2.19. The van der Waals surface area contributed by atoms with Crippen molar-refractivity contribution >= 4 is 23.2 Å². The van der Waals surface area contributed by atoms with E-state index in [1.54, 1.807) is 24.3 Å². The van der Waals surface area contributed by atoms with E-state index < -0.39 is 0 Å². The Morgan fingerprint density at radius 3 is 2.94 bits per heavy atom. The average Bonchev–Trinajstić information content (AvgIpc) is 2.30. The number of amides is 1. The Labute approximate surface area is 97.8 Å². The van der Waals surface area contributed by atoms with Crippen LogP contribution >= 0.6 is 11.6 Å². The Morgan fingerprint density at radius 1 is 1.38 bits per heavy atom. The van der Waals surface area contributed by atoms with Gasteiger partial charge in [-0.25, -0.2) is 0 Å². The maximum atomic E-state index is 11.7.